The van der Waals surface area contributed by atoms with E-state index in [1.807, 2.05) is 0 Å². The lowest BCUT2D eigenvalue weighted by molar-refractivity contribution is -0.910. The zero-order valence-electron chi connectivity index (χ0n) is 19.4. The minimum absolute atomic E-state index is 0.260. The molecule has 1 fully saturated rings. The molecule has 3 nitrogen and oxygen atoms in total. The van der Waals surface area contributed by atoms with E-state index in [1.165, 1.54) is 116 Å². The molecule has 0 amide bonds. The van der Waals surface area contributed by atoms with Gasteiger partial charge in [0.25, 0.3) is 0 Å². The van der Waals surface area contributed by atoms with E-state index in [0.717, 1.165) is 5.92 Å². The number of hydrogen-bond acceptors (Lipinski definition) is 1. The van der Waals surface area contributed by atoms with Crippen LogP contribution in [0, 0.1) is 5.92 Å². The van der Waals surface area contributed by atoms with Crippen molar-refractivity contribution in [2.45, 2.75) is 129 Å². The average Bonchev–Trinajstić information content (AvgIpc) is 2.65. The van der Waals surface area contributed by atoms with Gasteiger partial charge in [-0.1, -0.05) is 96.8 Å². The first-order valence-corrected chi connectivity index (χ1v) is 12.5. The Morgan fingerprint density at radius 2 is 1.32 bits per heavy atom. The maximum absolute atomic E-state index is 11.1. The molecule has 0 aromatic heterocycles. The van der Waals surface area contributed by atoms with Gasteiger partial charge in [0, 0.05) is 6.42 Å². The van der Waals surface area contributed by atoms with Crippen LogP contribution in [0.15, 0.2) is 0 Å². The van der Waals surface area contributed by atoms with Crippen molar-refractivity contribution in [2.75, 3.05) is 20.6 Å². The predicted octanol–water partition coefficient (Wildman–Crippen LogP) is 7.19. The second-order valence-electron chi connectivity index (χ2n) is 10.0. The minimum atomic E-state index is -0.663. The molecule has 0 aromatic rings. The van der Waals surface area contributed by atoms with Gasteiger partial charge in [0.15, 0.2) is 6.54 Å². The number of carboxylic acid groups (broad SMARTS) is 1. The molecule has 2 atom stereocenters. The van der Waals surface area contributed by atoms with Gasteiger partial charge in [-0.05, 0) is 25.2 Å². The standard InChI is InChI=1S/C25H49NO2/c1-4-5-6-7-8-9-10-11-12-13-14-15-16-18-23-19-17-20-24(21-23)26(2,3)22-25(27)28/h23-24H,4-22H2,1-3H3/p+1. The molecule has 0 aromatic carbocycles. The normalized spacial score (nSPS) is 20.4. The van der Waals surface area contributed by atoms with E-state index in [-0.39, 0.29) is 6.54 Å². The highest BCUT2D eigenvalue weighted by Gasteiger charge is 2.34. The SMILES string of the molecule is CCCCCCCCCCCCCCCC1CCCC([N+](C)(C)CC(=O)O)C1. The van der Waals surface area contributed by atoms with Gasteiger partial charge in [-0.2, -0.15) is 0 Å². The Balaban J connectivity index is 1.98. The minimum Gasteiger partial charge on any atom is -0.477 e. The topological polar surface area (TPSA) is 37.3 Å². The number of rotatable bonds is 17. The lowest BCUT2D eigenvalue weighted by atomic mass is 9.81. The second kappa shape index (κ2) is 15.3. The Bertz CT molecular complexity index is 394. The van der Waals surface area contributed by atoms with E-state index in [2.05, 4.69) is 21.0 Å². The Hall–Kier alpha value is -0.570. The summed E-state index contributed by atoms with van der Waals surface area (Å²) < 4.78 is 0.657. The Morgan fingerprint density at radius 1 is 0.821 bits per heavy atom. The zero-order chi connectivity index (χ0) is 20.7. The molecular weight excluding hydrogens is 346 g/mol. The fourth-order valence-electron chi connectivity index (χ4n) is 5.09. The summed E-state index contributed by atoms with van der Waals surface area (Å²) in [5.41, 5.74) is 0. The fraction of sp³-hybridized carbons (Fsp3) is 0.960. The number of unbranched alkanes of at least 4 members (excludes halogenated alkanes) is 12. The summed E-state index contributed by atoms with van der Waals surface area (Å²) in [6.07, 6.45) is 24.9. The second-order valence-corrected chi connectivity index (χ2v) is 10.0. The van der Waals surface area contributed by atoms with Crippen LogP contribution in [0.1, 0.15) is 122 Å². The molecule has 28 heavy (non-hydrogen) atoms. The maximum Gasteiger partial charge on any atom is 0.359 e. The van der Waals surface area contributed by atoms with Gasteiger partial charge in [0.2, 0.25) is 0 Å². The summed E-state index contributed by atoms with van der Waals surface area (Å²) in [7, 11) is 4.21. The molecule has 0 aliphatic heterocycles. The first-order chi connectivity index (χ1) is 13.5. The molecule has 0 bridgehead atoms. The number of hydrogen-bond donors (Lipinski definition) is 1. The zero-order valence-corrected chi connectivity index (χ0v) is 19.4. The first kappa shape index (κ1) is 25.5. The smallest absolute Gasteiger partial charge is 0.359 e. The van der Waals surface area contributed by atoms with E-state index in [9.17, 15) is 4.79 Å². The molecule has 0 spiro atoms. The molecule has 0 saturated heterocycles. The van der Waals surface area contributed by atoms with Crippen LogP contribution >= 0.6 is 0 Å². The molecule has 1 saturated carbocycles. The van der Waals surface area contributed by atoms with Crippen LogP contribution < -0.4 is 0 Å². The molecule has 166 valence electrons. The van der Waals surface area contributed by atoms with Crippen LogP contribution in [-0.4, -0.2) is 42.2 Å². The molecule has 2 unspecified atom stereocenters. The van der Waals surface area contributed by atoms with Gasteiger partial charge in [0.1, 0.15) is 0 Å². The third-order valence-corrected chi connectivity index (χ3v) is 7.00. The van der Waals surface area contributed by atoms with Crippen molar-refractivity contribution in [2.24, 2.45) is 5.92 Å². The highest BCUT2D eigenvalue weighted by molar-refractivity contribution is 5.67. The van der Waals surface area contributed by atoms with Crippen molar-refractivity contribution in [1.29, 1.82) is 0 Å². The lowest BCUT2D eigenvalue weighted by Crippen LogP contribution is -2.53. The molecule has 1 aliphatic rings. The van der Waals surface area contributed by atoms with Crippen molar-refractivity contribution in [3.8, 4) is 0 Å². The van der Waals surface area contributed by atoms with Gasteiger partial charge in [0.05, 0.1) is 20.1 Å². The van der Waals surface area contributed by atoms with Crippen molar-refractivity contribution in [3.05, 3.63) is 0 Å². The summed E-state index contributed by atoms with van der Waals surface area (Å²) in [4.78, 5) is 11.1. The maximum atomic E-state index is 11.1. The van der Waals surface area contributed by atoms with E-state index in [1.54, 1.807) is 0 Å². The van der Waals surface area contributed by atoms with Crippen LogP contribution in [0.5, 0.6) is 0 Å². The van der Waals surface area contributed by atoms with Gasteiger partial charge in [-0.25, -0.2) is 4.79 Å². The molecule has 3 heteroatoms. The van der Waals surface area contributed by atoms with Crippen LogP contribution in [0.25, 0.3) is 0 Å². The quantitative estimate of drug-likeness (QED) is 0.209. The predicted molar refractivity (Wildman–Crippen MR) is 121 cm³/mol. The van der Waals surface area contributed by atoms with Gasteiger partial charge in [-0.3, -0.25) is 0 Å². The van der Waals surface area contributed by atoms with Crippen molar-refractivity contribution in [1.82, 2.24) is 0 Å². The van der Waals surface area contributed by atoms with E-state index in [0.29, 0.717) is 10.5 Å². The number of nitrogens with zero attached hydrogens (tertiary/aromatic N) is 1. The molecule has 0 heterocycles. The number of quaternary nitrogens is 1. The summed E-state index contributed by atoms with van der Waals surface area (Å²) >= 11 is 0. The van der Waals surface area contributed by atoms with E-state index < -0.39 is 5.97 Å². The van der Waals surface area contributed by atoms with Gasteiger partial charge < -0.3 is 9.59 Å². The summed E-state index contributed by atoms with van der Waals surface area (Å²) in [5, 5.41) is 9.17. The third kappa shape index (κ3) is 12.1. The Kier molecular flexibility index (Phi) is 13.9. The summed E-state index contributed by atoms with van der Waals surface area (Å²) in [6.45, 7) is 2.55. The number of carboxylic acids is 1. The first-order valence-electron chi connectivity index (χ1n) is 12.5. The third-order valence-electron chi connectivity index (χ3n) is 7.00. The average molecular weight is 397 g/mol. The highest BCUT2D eigenvalue weighted by atomic mass is 16.4. The van der Waals surface area contributed by atoms with Crippen LogP contribution in [-0.2, 0) is 4.79 Å². The molecular formula is C25H50NO2+. The van der Waals surface area contributed by atoms with Crippen LogP contribution in [0.3, 0.4) is 0 Å². The van der Waals surface area contributed by atoms with Gasteiger partial charge >= 0.3 is 5.97 Å². The Morgan fingerprint density at radius 3 is 1.82 bits per heavy atom. The summed E-state index contributed by atoms with van der Waals surface area (Å²) in [6, 6.07) is 0.539. The van der Waals surface area contributed by atoms with Crippen LogP contribution in [0.4, 0.5) is 0 Å². The monoisotopic (exact) mass is 396 g/mol. The summed E-state index contributed by atoms with van der Waals surface area (Å²) in [5.74, 6) is 0.168. The fourth-order valence-corrected chi connectivity index (χ4v) is 5.09. The molecule has 1 N–H and O–H groups in total. The molecule has 1 aliphatic carbocycles. The number of aliphatic carboxylic acids is 1. The van der Waals surface area contributed by atoms with E-state index >= 15 is 0 Å². The Labute approximate surface area is 175 Å². The van der Waals surface area contributed by atoms with Crippen molar-refractivity contribution in [3.63, 3.8) is 0 Å². The van der Waals surface area contributed by atoms with Crippen molar-refractivity contribution < 1.29 is 14.4 Å². The largest absolute Gasteiger partial charge is 0.477 e. The highest BCUT2D eigenvalue weighted by Crippen LogP contribution is 2.33. The molecule has 0 radical (unpaired) electrons. The molecule has 1 rings (SSSR count). The van der Waals surface area contributed by atoms with E-state index in [4.69, 9.17) is 5.11 Å². The van der Waals surface area contributed by atoms with Gasteiger partial charge in [-0.15, -0.1) is 0 Å². The van der Waals surface area contributed by atoms with Crippen molar-refractivity contribution >= 4 is 5.97 Å². The number of carbonyl (C=O) groups is 1. The van der Waals surface area contributed by atoms with Crippen LogP contribution in [0.2, 0.25) is 0 Å². The number of likely N-dealkylation sites (N-methyl/N-ethyl adjacent to an activating group) is 1. The lowest BCUT2D eigenvalue weighted by Gasteiger charge is -2.41.